The number of carbonyl (C=O) groups excluding carboxylic acids is 5. The number of halogens is 3. The Morgan fingerprint density at radius 2 is 1.35 bits per heavy atom. The van der Waals surface area contributed by atoms with Crippen LogP contribution in [-0.2, 0) is 52.4 Å². The molecule has 0 aromatic heterocycles. The molecular weight excluding hydrogens is 475 g/mol. The number of carbonyl (C=O) groups is 5. The van der Waals surface area contributed by atoms with Crippen molar-refractivity contribution in [1.29, 1.82) is 0 Å². The van der Waals surface area contributed by atoms with Crippen molar-refractivity contribution in [2.75, 3.05) is 19.8 Å². The second kappa shape index (κ2) is 13.1. The summed E-state index contributed by atoms with van der Waals surface area (Å²) >= 11 is 0. The Morgan fingerprint density at radius 3 is 1.85 bits per heavy atom. The lowest BCUT2D eigenvalue weighted by atomic mass is 9.98. The quantitative estimate of drug-likeness (QED) is 0.247. The molecule has 1 fully saturated rings. The third-order valence-corrected chi connectivity index (χ3v) is 4.09. The number of alkyl halides is 3. The number of hydrogen-bond acceptors (Lipinski definition) is 11. The Kier molecular flexibility index (Phi) is 11.2. The first-order valence-corrected chi connectivity index (χ1v) is 9.99. The maximum Gasteiger partial charge on any atom is 0.471 e. The van der Waals surface area contributed by atoms with Gasteiger partial charge < -0.3 is 33.7 Å². The first-order valence-electron chi connectivity index (χ1n) is 9.99. The Hall–Kier alpha value is -2.94. The summed E-state index contributed by atoms with van der Waals surface area (Å²) < 4.78 is 68.3. The second-order valence-corrected chi connectivity index (χ2v) is 7.05. The molecule has 1 heterocycles. The monoisotopic (exact) mass is 501 g/mol. The van der Waals surface area contributed by atoms with E-state index in [2.05, 4.69) is 0 Å². The molecule has 0 aromatic rings. The number of nitrogens with one attached hydrogen (secondary N) is 1. The van der Waals surface area contributed by atoms with Crippen molar-refractivity contribution in [3.8, 4) is 0 Å². The molecular formula is C19H26F3NO11. The fourth-order valence-corrected chi connectivity index (χ4v) is 2.90. The van der Waals surface area contributed by atoms with Crippen molar-refractivity contribution in [1.82, 2.24) is 5.32 Å². The molecule has 1 rings (SSSR count). The number of hydrogen-bond donors (Lipinski definition) is 1. The Labute approximate surface area is 192 Å². The van der Waals surface area contributed by atoms with E-state index in [0.717, 1.165) is 27.7 Å². The predicted molar refractivity (Wildman–Crippen MR) is 102 cm³/mol. The van der Waals surface area contributed by atoms with Crippen LogP contribution < -0.4 is 5.32 Å². The molecule has 1 N–H and O–H groups in total. The van der Waals surface area contributed by atoms with Crippen LogP contribution in [0.25, 0.3) is 0 Å². The second-order valence-electron chi connectivity index (χ2n) is 7.05. The van der Waals surface area contributed by atoms with Crippen LogP contribution in [-0.4, -0.2) is 86.4 Å². The first-order chi connectivity index (χ1) is 15.7. The first kappa shape index (κ1) is 29.1. The zero-order valence-electron chi connectivity index (χ0n) is 18.8. The van der Waals surface area contributed by atoms with Gasteiger partial charge in [-0.2, -0.15) is 13.2 Å². The minimum Gasteiger partial charge on any atom is -0.463 e. The van der Waals surface area contributed by atoms with Crippen LogP contribution in [0.2, 0.25) is 0 Å². The normalized spacial score (nSPS) is 24.5. The van der Waals surface area contributed by atoms with Crippen LogP contribution in [0.15, 0.2) is 0 Å². The number of amides is 1. The van der Waals surface area contributed by atoms with Crippen molar-refractivity contribution in [2.24, 2.45) is 0 Å². The topological polar surface area (TPSA) is 153 Å². The zero-order chi connectivity index (χ0) is 26.1. The van der Waals surface area contributed by atoms with Crippen LogP contribution in [0, 0.1) is 0 Å². The highest BCUT2D eigenvalue weighted by molar-refractivity contribution is 5.81. The van der Waals surface area contributed by atoms with Gasteiger partial charge in [0.1, 0.15) is 12.7 Å². The summed E-state index contributed by atoms with van der Waals surface area (Å²) in [4.78, 5) is 57.1. The fraction of sp³-hybridized carbons (Fsp3) is 0.737. The van der Waals surface area contributed by atoms with Gasteiger partial charge in [0.05, 0.1) is 6.61 Å². The Bertz CT molecular complexity index is 758. The molecule has 0 bridgehead atoms. The van der Waals surface area contributed by atoms with E-state index in [1.54, 1.807) is 5.32 Å². The van der Waals surface area contributed by atoms with E-state index in [9.17, 15) is 37.1 Å². The van der Waals surface area contributed by atoms with E-state index >= 15 is 0 Å². The van der Waals surface area contributed by atoms with Crippen LogP contribution in [0.4, 0.5) is 13.2 Å². The van der Waals surface area contributed by atoms with Crippen LogP contribution in [0.5, 0.6) is 0 Å². The van der Waals surface area contributed by atoms with E-state index in [0.29, 0.717) is 0 Å². The molecule has 0 radical (unpaired) electrons. The van der Waals surface area contributed by atoms with E-state index in [4.69, 9.17) is 28.4 Å². The van der Waals surface area contributed by atoms with Gasteiger partial charge in [0.25, 0.3) is 0 Å². The van der Waals surface area contributed by atoms with E-state index < -0.39 is 79.8 Å². The van der Waals surface area contributed by atoms with Gasteiger partial charge in [-0.05, 0) is 6.42 Å². The number of rotatable bonds is 10. The van der Waals surface area contributed by atoms with Crippen molar-refractivity contribution in [3.63, 3.8) is 0 Å². The number of ether oxygens (including phenoxy) is 6. The molecule has 12 nitrogen and oxygen atoms in total. The van der Waals surface area contributed by atoms with E-state index in [-0.39, 0.29) is 13.0 Å². The average Bonchev–Trinajstić information content (AvgIpc) is 2.68. The van der Waals surface area contributed by atoms with Gasteiger partial charge in [-0.3, -0.25) is 24.0 Å². The predicted octanol–water partition coefficient (Wildman–Crippen LogP) is 0.155. The highest BCUT2D eigenvalue weighted by atomic mass is 19.4. The molecule has 0 aromatic carbocycles. The summed E-state index contributed by atoms with van der Waals surface area (Å²) in [5, 5.41) is 1.65. The van der Waals surface area contributed by atoms with Crippen LogP contribution >= 0.6 is 0 Å². The lowest BCUT2D eigenvalue weighted by Gasteiger charge is -2.44. The molecule has 0 aliphatic carbocycles. The maximum absolute atomic E-state index is 12.2. The average molecular weight is 501 g/mol. The summed E-state index contributed by atoms with van der Waals surface area (Å²) in [7, 11) is 0. The molecule has 0 spiro atoms. The summed E-state index contributed by atoms with van der Waals surface area (Å²) in [5.41, 5.74) is 0. The smallest absolute Gasteiger partial charge is 0.463 e. The largest absolute Gasteiger partial charge is 0.471 e. The molecule has 1 saturated heterocycles. The van der Waals surface area contributed by atoms with E-state index in [1.807, 2.05) is 0 Å². The van der Waals surface area contributed by atoms with Gasteiger partial charge in [-0.15, -0.1) is 0 Å². The van der Waals surface area contributed by atoms with Crippen molar-refractivity contribution in [3.05, 3.63) is 0 Å². The molecule has 1 aliphatic rings. The minimum atomic E-state index is -5.04. The fourth-order valence-electron chi connectivity index (χ4n) is 2.90. The molecule has 5 atom stereocenters. The maximum atomic E-state index is 12.2. The highest BCUT2D eigenvalue weighted by Crippen LogP contribution is 2.30. The Morgan fingerprint density at radius 1 is 0.824 bits per heavy atom. The van der Waals surface area contributed by atoms with E-state index in [1.165, 1.54) is 0 Å². The van der Waals surface area contributed by atoms with Gasteiger partial charge in [-0.1, -0.05) is 0 Å². The van der Waals surface area contributed by atoms with Crippen molar-refractivity contribution < 1.29 is 65.6 Å². The van der Waals surface area contributed by atoms with Crippen molar-refractivity contribution >= 4 is 29.8 Å². The minimum absolute atomic E-state index is 0.102. The third kappa shape index (κ3) is 9.91. The van der Waals surface area contributed by atoms with Crippen LogP contribution in [0.3, 0.4) is 0 Å². The van der Waals surface area contributed by atoms with Crippen LogP contribution in [0.1, 0.15) is 34.1 Å². The molecule has 1 aliphatic heterocycles. The molecule has 194 valence electrons. The summed E-state index contributed by atoms with van der Waals surface area (Å²) in [6.45, 7) is 3.12. The molecule has 3 unspecified atom stereocenters. The Balaban J connectivity index is 3.04. The molecule has 34 heavy (non-hydrogen) atoms. The molecule has 0 saturated carbocycles. The van der Waals surface area contributed by atoms with Gasteiger partial charge in [0.2, 0.25) is 0 Å². The molecule has 15 heteroatoms. The SMILES string of the molecule is CC(=O)OCC1O[C@@H](OCCCNC(=O)C(F)(F)F)C(OC(C)=O)C(OC(C)=O)[C@H]1OC(C)=O. The third-order valence-electron chi connectivity index (χ3n) is 4.09. The van der Waals surface area contributed by atoms with Gasteiger partial charge in [0, 0.05) is 34.2 Å². The lowest BCUT2D eigenvalue weighted by Crippen LogP contribution is -2.63. The van der Waals surface area contributed by atoms with Gasteiger partial charge in [0.15, 0.2) is 24.6 Å². The summed E-state index contributed by atoms with van der Waals surface area (Å²) in [5.74, 6) is -5.30. The summed E-state index contributed by atoms with van der Waals surface area (Å²) in [6, 6.07) is 0. The number of esters is 4. The highest BCUT2D eigenvalue weighted by Gasteiger charge is 2.52. The molecule has 1 amide bonds. The lowest BCUT2D eigenvalue weighted by molar-refractivity contribution is -0.308. The van der Waals surface area contributed by atoms with Gasteiger partial charge in [-0.25, -0.2) is 0 Å². The summed E-state index contributed by atoms with van der Waals surface area (Å²) in [6.07, 6.45) is -12.1. The van der Waals surface area contributed by atoms with Crippen molar-refractivity contribution in [2.45, 2.75) is 71.0 Å². The van der Waals surface area contributed by atoms with Gasteiger partial charge >= 0.3 is 36.0 Å². The zero-order valence-corrected chi connectivity index (χ0v) is 18.8. The standard InChI is InChI=1S/C19H26F3NO11/c1-9(24)30-8-13-14(31-10(2)25)15(32-11(3)26)16(33-12(4)27)17(34-13)29-7-5-6-23-18(28)19(20,21)22/h13-17H,5-8H2,1-4H3,(H,23,28)/t13?,14-,15?,16?,17+/m0/s1.